The van der Waals surface area contributed by atoms with Crippen molar-refractivity contribution in [2.75, 3.05) is 43.6 Å². The number of aromatic nitrogens is 4. The van der Waals surface area contributed by atoms with Gasteiger partial charge in [-0.15, -0.1) is 0 Å². The predicted molar refractivity (Wildman–Crippen MR) is 130 cm³/mol. The Kier molecular flexibility index (Phi) is 5.79. The van der Waals surface area contributed by atoms with E-state index in [0.29, 0.717) is 54.8 Å². The summed E-state index contributed by atoms with van der Waals surface area (Å²) in [6, 6.07) is 12.1. The van der Waals surface area contributed by atoms with Crippen molar-refractivity contribution in [2.45, 2.75) is 0 Å². The van der Waals surface area contributed by atoms with Gasteiger partial charge in [-0.2, -0.15) is 4.98 Å². The number of nitro groups is 1. The van der Waals surface area contributed by atoms with Gasteiger partial charge in [-0.1, -0.05) is 12.1 Å². The molecule has 0 atom stereocenters. The summed E-state index contributed by atoms with van der Waals surface area (Å²) in [5.41, 5.74) is 1.93. The average Bonchev–Trinajstić information content (AvgIpc) is 3.14. The number of hydrogen-bond acceptors (Lipinski definition) is 9. The van der Waals surface area contributed by atoms with Crippen molar-refractivity contribution in [1.82, 2.24) is 19.1 Å². The van der Waals surface area contributed by atoms with E-state index in [-0.39, 0.29) is 17.3 Å². The van der Waals surface area contributed by atoms with Gasteiger partial charge in [0.15, 0.2) is 0 Å². The number of aryl methyl sites for hydroxylation is 1. The van der Waals surface area contributed by atoms with E-state index in [0.717, 1.165) is 5.52 Å². The number of nitrogens with one attached hydrogen (secondary N) is 1. The highest BCUT2D eigenvalue weighted by Crippen LogP contribution is 2.39. The number of anilines is 3. The second kappa shape index (κ2) is 9.06. The molecule has 0 aliphatic carbocycles. The van der Waals surface area contributed by atoms with Gasteiger partial charge >= 0.3 is 5.69 Å². The van der Waals surface area contributed by atoms with Crippen LogP contribution < -0.4 is 20.6 Å². The van der Waals surface area contributed by atoms with Crippen molar-refractivity contribution in [3.63, 3.8) is 0 Å². The highest BCUT2D eigenvalue weighted by atomic mass is 16.6. The number of imidazole rings is 1. The molecule has 5 rings (SSSR count). The molecular formula is C23H23N7O5. The van der Waals surface area contributed by atoms with E-state index >= 15 is 0 Å². The maximum Gasteiger partial charge on any atom is 0.334 e. The van der Waals surface area contributed by atoms with Crippen LogP contribution in [0.25, 0.3) is 16.9 Å². The van der Waals surface area contributed by atoms with Crippen LogP contribution in [0.4, 0.5) is 23.0 Å². The molecule has 1 aliphatic rings. The third kappa shape index (κ3) is 4.04. The van der Waals surface area contributed by atoms with Gasteiger partial charge in [-0.25, -0.2) is 14.3 Å². The van der Waals surface area contributed by atoms with Crippen molar-refractivity contribution in [3.8, 4) is 11.6 Å². The molecule has 12 nitrogen and oxygen atoms in total. The lowest BCUT2D eigenvalue weighted by Gasteiger charge is -2.29. The van der Waals surface area contributed by atoms with Crippen molar-refractivity contribution in [2.24, 2.45) is 7.05 Å². The maximum absolute atomic E-state index is 12.9. The Bertz CT molecular complexity index is 1470. The van der Waals surface area contributed by atoms with Gasteiger partial charge in [-0.05, 0) is 12.1 Å². The molecular weight excluding hydrogens is 454 g/mol. The maximum atomic E-state index is 12.9. The molecule has 1 saturated heterocycles. The van der Waals surface area contributed by atoms with E-state index in [1.54, 1.807) is 23.7 Å². The largest absolute Gasteiger partial charge is 0.494 e. The number of methoxy groups -OCH3 is 1. The second-order valence-electron chi connectivity index (χ2n) is 7.93. The molecule has 0 unspecified atom stereocenters. The number of nitro benzene ring substituents is 1. The highest BCUT2D eigenvalue weighted by Gasteiger charge is 2.25. The molecule has 4 aromatic rings. The van der Waals surface area contributed by atoms with Crippen LogP contribution in [0, 0.1) is 10.1 Å². The summed E-state index contributed by atoms with van der Waals surface area (Å²) in [5.74, 6) is 0.921. The minimum atomic E-state index is -0.428. The van der Waals surface area contributed by atoms with Crippen LogP contribution in [0.1, 0.15) is 0 Å². The van der Waals surface area contributed by atoms with E-state index in [1.807, 2.05) is 29.2 Å². The van der Waals surface area contributed by atoms with E-state index < -0.39 is 4.92 Å². The third-order valence-electron chi connectivity index (χ3n) is 5.92. The number of para-hydroxylation sites is 2. The summed E-state index contributed by atoms with van der Waals surface area (Å²) in [7, 11) is 3.18. The second-order valence-corrected chi connectivity index (χ2v) is 7.93. The monoisotopic (exact) mass is 477 g/mol. The number of morpholine rings is 1. The fourth-order valence-corrected chi connectivity index (χ4v) is 4.20. The molecule has 0 amide bonds. The lowest BCUT2D eigenvalue weighted by atomic mass is 10.2. The van der Waals surface area contributed by atoms with Gasteiger partial charge in [0.05, 0.1) is 42.0 Å². The van der Waals surface area contributed by atoms with Crippen LogP contribution in [0.15, 0.2) is 53.5 Å². The Labute approximate surface area is 199 Å². The van der Waals surface area contributed by atoms with Crippen LogP contribution in [0.3, 0.4) is 0 Å². The number of benzene rings is 2. The first-order chi connectivity index (χ1) is 17.0. The Morgan fingerprint density at radius 1 is 1.14 bits per heavy atom. The van der Waals surface area contributed by atoms with E-state index in [2.05, 4.69) is 15.3 Å². The molecule has 0 saturated carbocycles. The number of nitrogens with zero attached hydrogens (tertiary/aromatic N) is 6. The van der Waals surface area contributed by atoms with E-state index in [4.69, 9.17) is 9.47 Å². The van der Waals surface area contributed by atoms with Crippen LogP contribution in [0.2, 0.25) is 0 Å². The first-order valence-corrected chi connectivity index (χ1v) is 10.9. The molecule has 2 aromatic carbocycles. The Hall–Kier alpha value is -4.45. The van der Waals surface area contributed by atoms with Crippen LogP contribution in [-0.2, 0) is 11.8 Å². The molecule has 1 fully saturated rings. The minimum Gasteiger partial charge on any atom is -0.494 e. The average molecular weight is 477 g/mol. The summed E-state index contributed by atoms with van der Waals surface area (Å²) in [6.07, 6.45) is 1.52. The molecule has 1 aliphatic heterocycles. The van der Waals surface area contributed by atoms with Crippen LogP contribution >= 0.6 is 0 Å². The summed E-state index contributed by atoms with van der Waals surface area (Å²) < 4.78 is 13.9. The van der Waals surface area contributed by atoms with Crippen molar-refractivity contribution in [3.05, 3.63) is 69.3 Å². The molecule has 180 valence electrons. The minimum absolute atomic E-state index is 0.0726. The topological polar surface area (TPSA) is 130 Å². The predicted octanol–water partition coefficient (Wildman–Crippen LogP) is 2.62. The van der Waals surface area contributed by atoms with Gasteiger partial charge in [-0.3, -0.25) is 14.7 Å². The van der Waals surface area contributed by atoms with E-state index in [1.165, 1.54) is 23.9 Å². The molecule has 3 heterocycles. The van der Waals surface area contributed by atoms with Gasteiger partial charge in [0.2, 0.25) is 5.95 Å². The van der Waals surface area contributed by atoms with Crippen molar-refractivity contribution < 1.29 is 14.4 Å². The SMILES string of the molecule is COc1cc(N2CCOCC2)c([N+](=O)[O-])cc1Nc1nccc(-n2c(=O)n(C)c3ccccc32)n1. The van der Waals surface area contributed by atoms with Crippen molar-refractivity contribution in [1.29, 1.82) is 0 Å². The summed E-state index contributed by atoms with van der Waals surface area (Å²) in [5, 5.41) is 14.9. The van der Waals surface area contributed by atoms with Gasteiger partial charge in [0, 0.05) is 44.5 Å². The Morgan fingerprint density at radius 3 is 2.60 bits per heavy atom. The van der Waals surface area contributed by atoms with Gasteiger partial charge in [0.1, 0.15) is 17.3 Å². The quantitative estimate of drug-likeness (QED) is 0.329. The molecule has 2 aromatic heterocycles. The molecule has 12 heteroatoms. The zero-order chi connectivity index (χ0) is 24.5. The van der Waals surface area contributed by atoms with E-state index in [9.17, 15) is 14.9 Å². The molecule has 35 heavy (non-hydrogen) atoms. The van der Waals surface area contributed by atoms with Crippen LogP contribution in [0.5, 0.6) is 5.75 Å². The fourth-order valence-electron chi connectivity index (χ4n) is 4.20. The lowest BCUT2D eigenvalue weighted by Crippen LogP contribution is -2.36. The third-order valence-corrected chi connectivity index (χ3v) is 5.92. The zero-order valence-corrected chi connectivity index (χ0v) is 19.2. The molecule has 1 N–H and O–H groups in total. The van der Waals surface area contributed by atoms with Gasteiger partial charge in [0.25, 0.3) is 5.69 Å². The highest BCUT2D eigenvalue weighted by molar-refractivity contribution is 5.78. The number of rotatable bonds is 6. The number of fused-ring (bicyclic) bond motifs is 1. The Balaban J connectivity index is 1.55. The summed E-state index contributed by atoms with van der Waals surface area (Å²) in [6.45, 7) is 2.07. The molecule has 0 radical (unpaired) electrons. The fraction of sp³-hybridized carbons (Fsp3) is 0.261. The standard InChI is InChI=1S/C23H23N7O5/c1-27-16-5-3-4-6-17(16)29(23(27)31)21-7-8-24-22(26-21)25-15-13-19(30(32)33)18(14-20(15)34-2)28-9-11-35-12-10-28/h3-8,13-14H,9-12H2,1-2H3,(H,24,25,26). The van der Waals surface area contributed by atoms with Crippen molar-refractivity contribution >= 4 is 34.0 Å². The summed E-state index contributed by atoms with van der Waals surface area (Å²) in [4.78, 5) is 35.0. The number of hydrogen-bond donors (Lipinski definition) is 1. The number of ether oxygens (including phenoxy) is 2. The first kappa shape index (κ1) is 22.3. The lowest BCUT2D eigenvalue weighted by molar-refractivity contribution is -0.384. The molecule has 0 bridgehead atoms. The smallest absolute Gasteiger partial charge is 0.334 e. The zero-order valence-electron chi connectivity index (χ0n) is 19.2. The van der Waals surface area contributed by atoms with Crippen LogP contribution in [-0.4, -0.2) is 57.4 Å². The Morgan fingerprint density at radius 2 is 1.89 bits per heavy atom. The summed E-state index contributed by atoms with van der Waals surface area (Å²) >= 11 is 0. The first-order valence-electron chi connectivity index (χ1n) is 10.9. The normalized spacial score (nSPS) is 13.7. The molecule has 0 spiro atoms. The van der Waals surface area contributed by atoms with Gasteiger partial charge < -0.3 is 19.7 Å².